The van der Waals surface area contributed by atoms with Crippen LogP contribution < -0.4 is 5.32 Å². The quantitative estimate of drug-likeness (QED) is 0.877. The maximum Gasteiger partial charge on any atom is 0.225 e. The Bertz CT molecular complexity index is 572. The Labute approximate surface area is 117 Å². The number of hydrogen-bond acceptors (Lipinski definition) is 2. The molecule has 0 fully saturated rings. The first kappa shape index (κ1) is 14.2. The fourth-order valence-electron chi connectivity index (χ4n) is 1.98. The summed E-state index contributed by atoms with van der Waals surface area (Å²) in [4.78, 5) is 11.9. The van der Waals surface area contributed by atoms with E-state index in [1.807, 2.05) is 30.3 Å². The van der Waals surface area contributed by atoms with Crippen LogP contribution in [0.2, 0.25) is 0 Å². The SMILES string of the molecule is O=C(Cc1ccccc1F)NC(CO)c1ccccc1. The smallest absolute Gasteiger partial charge is 0.225 e. The van der Waals surface area contributed by atoms with Gasteiger partial charge in [-0.05, 0) is 17.2 Å². The van der Waals surface area contributed by atoms with Gasteiger partial charge < -0.3 is 10.4 Å². The van der Waals surface area contributed by atoms with Crippen molar-refractivity contribution >= 4 is 5.91 Å². The van der Waals surface area contributed by atoms with E-state index < -0.39 is 11.9 Å². The summed E-state index contributed by atoms with van der Waals surface area (Å²) >= 11 is 0. The number of nitrogens with one attached hydrogen (secondary N) is 1. The Morgan fingerprint density at radius 3 is 2.40 bits per heavy atom. The van der Waals surface area contributed by atoms with Crippen LogP contribution in [0, 0.1) is 5.82 Å². The van der Waals surface area contributed by atoms with Gasteiger partial charge in [0.25, 0.3) is 0 Å². The highest BCUT2D eigenvalue weighted by Gasteiger charge is 2.14. The maximum atomic E-state index is 13.5. The van der Waals surface area contributed by atoms with Crippen LogP contribution in [0.3, 0.4) is 0 Å². The molecular weight excluding hydrogens is 257 g/mol. The van der Waals surface area contributed by atoms with Gasteiger partial charge >= 0.3 is 0 Å². The predicted octanol–water partition coefficient (Wildman–Crippen LogP) is 2.22. The van der Waals surface area contributed by atoms with Crippen molar-refractivity contribution in [1.82, 2.24) is 5.32 Å². The monoisotopic (exact) mass is 273 g/mol. The van der Waals surface area contributed by atoms with Crippen molar-refractivity contribution in [3.8, 4) is 0 Å². The zero-order valence-corrected chi connectivity index (χ0v) is 10.9. The number of rotatable bonds is 5. The lowest BCUT2D eigenvalue weighted by Crippen LogP contribution is -2.32. The van der Waals surface area contributed by atoms with Crippen molar-refractivity contribution in [1.29, 1.82) is 0 Å². The Morgan fingerprint density at radius 1 is 1.10 bits per heavy atom. The molecule has 0 saturated heterocycles. The summed E-state index contributed by atoms with van der Waals surface area (Å²) in [7, 11) is 0. The molecule has 2 rings (SSSR count). The lowest BCUT2D eigenvalue weighted by molar-refractivity contribution is -0.121. The van der Waals surface area contributed by atoms with Crippen molar-refractivity contribution in [3.63, 3.8) is 0 Å². The third kappa shape index (κ3) is 3.65. The van der Waals surface area contributed by atoms with Crippen molar-refractivity contribution < 1.29 is 14.3 Å². The molecule has 0 saturated carbocycles. The topological polar surface area (TPSA) is 49.3 Å². The first-order valence-corrected chi connectivity index (χ1v) is 6.39. The van der Waals surface area contributed by atoms with E-state index in [9.17, 15) is 14.3 Å². The first-order valence-electron chi connectivity index (χ1n) is 6.39. The summed E-state index contributed by atoms with van der Waals surface area (Å²) < 4.78 is 13.5. The second kappa shape index (κ2) is 6.82. The van der Waals surface area contributed by atoms with Crippen LogP contribution in [-0.2, 0) is 11.2 Å². The highest BCUT2D eigenvalue weighted by Crippen LogP contribution is 2.13. The first-order chi connectivity index (χ1) is 9.70. The van der Waals surface area contributed by atoms with E-state index in [0.717, 1.165) is 5.56 Å². The summed E-state index contributed by atoms with van der Waals surface area (Å²) in [5, 5.41) is 12.1. The third-order valence-electron chi connectivity index (χ3n) is 3.03. The van der Waals surface area contributed by atoms with Crippen molar-refractivity contribution in [2.45, 2.75) is 12.5 Å². The number of amides is 1. The van der Waals surface area contributed by atoms with Gasteiger partial charge in [0.05, 0.1) is 19.1 Å². The Kier molecular flexibility index (Phi) is 4.85. The largest absolute Gasteiger partial charge is 0.394 e. The van der Waals surface area contributed by atoms with Gasteiger partial charge in [-0.25, -0.2) is 4.39 Å². The van der Waals surface area contributed by atoms with Crippen molar-refractivity contribution in [2.24, 2.45) is 0 Å². The van der Waals surface area contributed by atoms with Crippen LogP contribution in [0.5, 0.6) is 0 Å². The number of hydrogen-bond donors (Lipinski definition) is 2. The fraction of sp³-hybridized carbons (Fsp3) is 0.188. The van der Waals surface area contributed by atoms with Gasteiger partial charge in [0.2, 0.25) is 5.91 Å². The normalized spacial score (nSPS) is 11.9. The molecule has 2 aromatic carbocycles. The summed E-state index contributed by atoms with van der Waals surface area (Å²) in [5.41, 5.74) is 1.16. The van der Waals surface area contributed by atoms with E-state index in [1.165, 1.54) is 6.07 Å². The van der Waals surface area contributed by atoms with Gasteiger partial charge in [0.15, 0.2) is 0 Å². The molecular formula is C16H16FNO2. The van der Waals surface area contributed by atoms with Crippen LogP contribution in [0.1, 0.15) is 17.2 Å². The minimum absolute atomic E-state index is 0.0456. The maximum absolute atomic E-state index is 13.5. The molecule has 3 nitrogen and oxygen atoms in total. The van der Waals surface area contributed by atoms with Gasteiger partial charge in [-0.2, -0.15) is 0 Å². The second-order valence-electron chi connectivity index (χ2n) is 4.48. The van der Waals surface area contributed by atoms with Crippen molar-refractivity contribution in [2.75, 3.05) is 6.61 Å². The molecule has 0 aliphatic rings. The summed E-state index contributed by atoms with van der Waals surface area (Å²) in [5.74, 6) is -0.721. The lowest BCUT2D eigenvalue weighted by atomic mass is 10.1. The molecule has 0 radical (unpaired) electrons. The summed E-state index contributed by atoms with van der Waals surface area (Å²) in [6.45, 7) is -0.201. The van der Waals surface area contributed by atoms with Gasteiger partial charge in [0, 0.05) is 0 Å². The van der Waals surface area contributed by atoms with Crippen molar-refractivity contribution in [3.05, 3.63) is 71.5 Å². The average molecular weight is 273 g/mol. The van der Waals surface area contributed by atoms with E-state index in [0.29, 0.717) is 5.56 Å². The molecule has 0 aliphatic carbocycles. The molecule has 0 bridgehead atoms. The fourth-order valence-corrected chi connectivity index (χ4v) is 1.98. The number of benzene rings is 2. The van der Waals surface area contributed by atoms with Crippen LogP contribution in [0.15, 0.2) is 54.6 Å². The third-order valence-corrected chi connectivity index (χ3v) is 3.03. The van der Waals surface area contributed by atoms with Gasteiger partial charge in [-0.1, -0.05) is 48.5 Å². The van der Waals surface area contributed by atoms with Crippen LogP contribution in [0.4, 0.5) is 4.39 Å². The highest BCUT2D eigenvalue weighted by atomic mass is 19.1. The zero-order chi connectivity index (χ0) is 14.4. The highest BCUT2D eigenvalue weighted by molar-refractivity contribution is 5.79. The van der Waals surface area contributed by atoms with E-state index >= 15 is 0 Å². The molecule has 0 heterocycles. The summed E-state index contributed by atoms with van der Waals surface area (Å²) in [6, 6.07) is 14.9. The van der Waals surface area contributed by atoms with Crippen LogP contribution in [-0.4, -0.2) is 17.6 Å². The van der Waals surface area contributed by atoms with Crippen LogP contribution >= 0.6 is 0 Å². The number of halogens is 1. The van der Waals surface area contributed by atoms with E-state index in [1.54, 1.807) is 18.2 Å². The Hall–Kier alpha value is -2.20. The lowest BCUT2D eigenvalue weighted by Gasteiger charge is -2.16. The molecule has 20 heavy (non-hydrogen) atoms. The average Bonchev–Trinajstić information content (AvgIpc) is 2.48. The Morgan fingerprint density at radius 2 is 1.75 bits per heavy atom. The van der Waals surface area contributed by atoms with Gasteiger partial charge in [-0.3, -0.25) is 4.79 Å². The van der Waals surface area contributed by atoms with E-state index in [4.69, 9.17) is 0 Å². The predicted molar refractivity (Wildman–Crippen MR) is 74.5 cm³/mol. The molecule has 1 atom stereocenters. The number of aliphatic hydroxyl groups is 1. The number of carbonyl (C=O) groups is 1. The summed E-state index contributed by atoms with van der Waals surface area (Å²) in [6.07, 6.45) is -0.0456. The van der Waals surface area contributed by atoms with Gasteiger partial charge in [0.1, 0.15) is 5.82 Å². The number of aliphatic hydroxyl groups excluding tert-OH is 1. The van der Waals surface area contributed by atoms with E-state index in [2.05, 4.69) is 5.32 Å². The molecule has 0 aliphatic heterocycles. The minimum Gasteiger partial charge on any atom is -0.394 e. The number of carbonyl (C=O) groups excluding carboxylic acids is 1. The molecule has 1 amide bonds. The zero-order valence-electron chi connectivity index (χ0n) is 10.9. The Balaban J connectivity index is 2.02. The van der Waals surface area contributed by atoms with Crippen LogP contribution in [0.25, 0.3) is 0 Å². The second-order valence-corrected chi connectivity index (χ2v) is 4.48. The molecule has 104 valence electrons. The van der Waals surface area contributed by atoms with Gasteiger partial charge in [-0.15, -0.1) is 0 Å². The molecule has 4 heteroatoms. The van der Waals surface area contributed by atoms with E-state index in [-0.39, 0.29) is 18.9 Å². The molecule has 2 aromatic rings. The molecule has 1 unspecified atom stereocenters. The minimum atomic E-state index is -0.476. The standard InChI is InChI=1S/C16H16FNO2/c17-14-9-5-4-8-13(14)10-16(20)18-15(11-19)12-6-2-1-3-7-12/h1-9,15,19H,10-11H2,(H,18,20). The molecule has 2 N–H and O–H groups in total. The molecule has 0 aromatic heterocycles. The molecule has 0 spiro atoms.